The van der Waals surface area contributed by atoms with Gasteiger partial charge in [-0.1, -0.05) is 31.0 Å². The van der Waals surface area contributed by atoms with E-state index in [-0.39, 0.29) is 31.4 Å². The number of hydrogen-bond acceptors (Lipinski definition) is 4. The number of halogens is 6. The van der Waals surface area contributed by atoms with E-state index in [0.29, 0.717) is 5.92 Å². The van der Waals surface area contributed by atoms with Gasteiger partial charge in [0.2, 0.25) is 0 Å². The van der Waals surface area contributed by atoms with Crippen molar-refractivity contribution in [3.05, 3.63) is 70.8 Å². The van der Waals surface area contributed by atoms with E-state index in [1.54, 1.807) is 4.90 Å². The summed E-state index contributed by atoms with van der Waals surface area (Å²) < 4.78 is 80.3. The third kappa shape index (κ3) is 6.77. The van der Waals surface area contributed by atoms with Gasteiger partial charge >= 0.3 is 12.4 Å². The normalized spacial score (nSPS) is 15.1. The zero-order chi connectivity index (χ0) is 27.5. The molecule has 0 amide bonds. The van der Waals surface area contributed by atoms with Crippen molar-refractivity contribution in [1.29, 1.82) is 0 Å². The van der Waals surface area contributed by atoms with Crippen molar-refractivity contribution in [2.24, 2.45) is 11.7 Å². The molecular weight excluding hydrogens is 506 g/mol. The minimum atomic E-state index is -4.90. The van der Waals surface area contributed by atoms with Gasteiger partial charge in [-0.2, -0.15) is 26.3 Å². The molecule has 1 aromatic heterocycles. The lowest BCUT2D eigenvalue weighted by molar-refractivity contribution is -0.143. The molecule has 206 valence electrons. The van der Waals surface area contributed by atoms with Gasteiger partial charge in [0.25, 0.3) is 0 Å². The summed E-state index contributed by atoms with van der Waals surface area (Å²) in [5, 5.41) is 0.901. The number of anilines is 1. The molecule has 3 aromatic rings. The highest BCUT2D eigenvalue weighted by Crippen LogP contribution is 2.37. The van der Waals surface area contributed by atoms with Gasteiger partial charge in [0, 0.05) is 43.8 Å². The molecule has 0 spiro atoms. The summed E-state index contributed by atoms with van der Waals surface area (Å²) in [6.45, 7) is 3.61. The lowest BCUT2D eigenvalue weighted by atomic mass is 10.0. The number of rotatable bonds is 9. The van der Waals surface area contributed by atoms with Crippen LogP contribution in [0.1, 0.15) is 54.9 Å². The van der Waals surface area contributed by atoms with Crippen LogP contribution in [-0.2, 0) is 25.4 Å². The van der Waals surface area contributed by atoms with Crippen molar-refractivity contribution in [2.45, 2.75) is 58.0 Å². The van der Waals surface area contributed by atoms with Crippen molar-refractivity contribution in [3.8, 4) is 0 Å². The number of para-hydroxylation sites is 1. The predicted molar refractivity (Wildman–Crippen MR) is 136 cm³/mol. The SMILES string of the molecule is CCN(CC1CCCC1)c1nc2ccccc2cc1CN(CN)Cc1cc(C(F)(F)F)cc(C(F)(F)F)c1. The van der Waals surface area contributed by atoms with Gasteiger partial charge in [-0.25, -0.2) is 4.98 Å². The number of hydrogen-bond donors (Lipinski definition) is 1. The zero-order valence-electron chi connectivity index (χ0n) is 21.2. The molecule has 1 heterocycles. The van der Waals surface area contributed by atoms with E-state index in [1.165, 1.54) is 12.8 Å². The average molecular weight is 539 g/mol. The number of nitrogens with two attached hydrogens (primary N) is 1. The standard InChI is InChI=1S/C28H32F6N4/c1-2-38(16-19-7-3-4-8-19)26-22(13-21-9-5-6-10-25(21)36-26)17-37(18-35)15-20-11-23(27(29,30)31)14-24(12-20)28(32,33)34/h5-6,9-14,19H,2-4,7-8,15-18,35H2,1H3. The van der Waals surface area contributed by atoms with Crippen molar-refractivity contribution >= 4 is 16.7 Å². The van der Waals surface area contributed by atoms with Gasteiger partial charge in [0.05, 0.1) is 16.6 Å². The smallest absolute Gasteiger partial charge is 0.356 e. The third-order valence-electron chi connectivity index (χ3n) is 7.12. The highest BCUT2D eigenvalue weighted by molar-refractivity contribution is 5.81. The Labute approximate surface area is 218 Å². The molecule has 4 rings (SSSR count). The van der Waals surface area contributed by atoms with Gasteiger partial charge in [0.1, 0.15) is 5.82 Å². The molecule has 4 nitrogen and oxygen atoms in total. The number of nitrogens with zero attached hydrogens (tertiary/aromatic N) is 3. The second-order valence-electron chi connectivity index (χ2n) is 9.94. The quantitative estimate of drug-likeness (QED) is 0.231. The van der Waals surface area contributed by atoms with E-state index in [2.05, 4.69) is 11.8 Å². The van der Waals surface area contributed by atoms with Crippen LogP contribution >= 0.6 is 0 Å². The third-order valence-corrected chi connectivity index (χ3v) is 7.12. The van der Waals surface area contributed by atoms with Crippen LogP contribution in [0.3, 0.4) is 0 Å². The van der Waals surface area contributed by atoms with Crippen LogP contribution in [0.25, 0.3) is 10.9 Å². The Hall–Kier alpha value is -2.85. The monoisotopic (exact) mass is 538 g/mol. The number of alkyl halides is 6. The largest absolute Gasteiger partial charge is 0.416 e. The predicted octanol–water partition coefficient (Wildman–Crippen LogP) is 7.21. The molecule has 1 fully saturated rings. The van der Waals surface area contributed by atoms with E-state index in [0.717, 1.165) is 60.3 Å². The van der Waals surface area contributed by atoms with Gasteiger partial charge in [-0.05, 0) is 61.6 Å². The Balaban J connectivity index is 1.68. The fraction of sp³-hybridized carbons (Fsp3) is 0.464. The van der Waals surface area contributed by atoms with Crippen molar-refractivity contribution in [1.82, 2.24) is 9.88 Å². The van der Waals surface area contributed by atoms with Crippen molar-refractivity contribution in [2.75, 3.05) is 24.7 Å². The Bertz CT molecular complexity index is 1200. The van der Waals surface area contributed by atoms with Gasteiger partial charge < -0.3 is 10.6 Å². The first-order chi connectivity index (χ1) is 18.0. The maximum atomic E-state index is 13.4. The summed E-state index contributed by atoms with van der Waals surface area (Å²) in [6.07, 6.45) is -5.07. The van der Waals surface area contributed by atoms with Crippen LogP contribution in [0, 0.1) is 5.92 Å². The Morgan fingerprint density at radius 3 is 2.11 bits per heavy atom. The van der Waals surface area contributed by atoms with Gasteiger partial charge in [-0.3, -0.25) is 4.90 Å². The molecule has 0 radical (unpaired) electrons. The first-order valence-corrected chi connectivity index (χ1v) is 12.8. The van der Waals surface area contributed by atoms with Crippen LogP contribution in [-0.4, -0.2) is 29.6 Å². The fourth-order valence-electron chi connectivity index (χ4n) is 5.20. The van der Waals surface area contributed by atoms with E-state index < -0.39 is 23.5 Å². The van der Waals surface area contributed by atoms with E-state index in [1.807, 2.05) is 30.3 Å². The summed E-state index contributed by atoms with van der Waals surface area (Å²) in [5.74, 6) is 1.34. The maximum Gasteiger partial charge on any atom is 0.416 e. The number of aromatic nitrogens is 1. The molecule has 0 bridgehead atoms. The van der Waals surface area contributed by atoms with Gasteiger partial charge in [-0.15, -0.1) is 0 Å². The zero-order valence-corrected chi connectivity index (χ0v) is 21.2. The van der Waals surface area contributed by atoms with E-state index >= 15 is 0 Å². The molecule has 2 aromatic carbocycles. The summed E-state index contributed by atoms with van der Waals surface area (Å²) in [5.41, 5.74) is 4.85. The Kier molecular flexibility index (Phi) is 8.52. The molecule has 0 atom stereocenters. The van der Waals surface area contributed by atoms with Crippen LogP contribution < -0.4 is 10.6 Å². The van der Waals surface area contributed by atoms with Crippen molar-refractivity contribution < 1.29 is 26.3 Å². The molecule has 1 saturated carbocycles. The van der Waals surface area contributed by atoms with Crippen LogP contribution in [0.4, 0.5) is 32.2 Å². The molecule has 0 aliphatic heterocycles. The Morgan fingerprint density at radius 2 is 1.53 bits per heavy atom. The van der Waals surface area contributed by atoms with Crippen LogP contribution in [0.2, 0.25) is 0 Å². The van der Waals surface area contributed by atoms with Crippen molar-refractivity contribution in [3.63, 3.8) is 0 Å². The highest BCUT2D eigenvalue weighted by Gasteiger charge is 2.37. The number of pyridine rings is 1. The minimum Gasteiger partial charge on any atom is -0.356 e. The number of benzene rings is 2. The lowest BCUT2D eigenvalue weighted by Crippen LogP contribution is -2.33. The highest BCUT2D eigenvalue weighted by atomic mass is 19.4. The molecule has 38 heavy (non-hydrogen) atoms. The molecule has 2 N–H and O–H groups in total. The molecule has 1 aliphatic carbocycles. The molecule has 1 aliphatic rings. The van der Waals surface area contributed by atoms with E-state index in [4.69, 9.17) is 10.7 Å². The minimum absolute atomic E-state index is 0.0569. The van der Waals surface area contributed by atoms with Crippen LogP contribution in [0.15, 0.2) is 48.5 Å². The molecule has 0 unspecified atom stereocenters. The topological polar surface area (TPSA) is 45.4 Å². The average Bonchev–Trinajstić information content (AvgIpc) is 3.38. The van der Waals surface area contributed by atoms with Gasteiger partial charge in [0.15, 0.2) is 0 Å². The summed E-state index contributed by atoms with van der Waals surface area (Å²) in [7, 11) is 0. The van der Waals surface area contributed by atoms with E-state index in [9.17, 15) is 26.3 Å². The molecule has 0 saturated heterocycles. The lowest BCUT2D eigenvalue weighted by Gasteiger charge is -2.30. The first-order valence-electron chi connectivity index (χ1n) is 12.8. The maximum absolute atomic E-state index is 13.4. The van der Waals surface area contributed by atoms with Crippen LogP contribution in [0.5, 0.6) is 0 Å². The summed E-state index contributed by atoms with van der Waals surface area (Å²) in [6, 6.07) is 11.3. The summed E-state index contributed by atoms with van der Waals surface area (Å²) in [4.78, 5) is 8.79. The fourth-order valence-corrected chi connectivity index (χ4v) is 5.20. The Morgan fingerprint density at radius 1 is 0.895 bits per heavy atom. The first kappa shape index (κ1) is 28.2. The number of fused-ring (bicyclic) bond motifs is 1. The molecular formula is C28H32F6N4. The second kappa shape index (κ2) is 11.5. The summed E-state index contributed by atoms with van der Waals surface area (Å²) >= 11 is 0. The molecule has 10 heteroatoms. The second-order valence-corrected chi connectivity index (χ2v) is 9.94.